The van der Waals surface area contributed by atoms with Gasteiger partial charge >= 0.3 is 0 Å². The lowest BCUT2D eigenvalue weighted by Gasteiger charge is -2.09. The molecule has 0 fully saturated rings. The van der Waals surface area contributed by atoms with Crippen LogP contribution < -0.4 is 0 Å². The van der Waals surface area contributed by atoms with E-state index in [1.807, 2.05) is 30.0 Å². The second-order valence-corrected chi connectivity index (χ2v) is 5.95. The van der Waals surface area contributed by atoms with Crippen LogP contribution in [0.4, 0.5) is 0 Å². The number of thioether (sulfide) groups is 1. The highest BCUT2D eigenvalue weighted by Gasteiger charge is 2.06. The van der Waals surface area contributed by atoms with Gasteiger partial charge < -0.3 is 0 Å². The molecule has 1 unspecified atom stereocenters. The van der Waals surface area contributed by atoms with E-state index in [9.17, 15) is 0 Å². The fourth-order valence-electron chi connectivity index (χ4n) is 1.59. The Morgan fingerprint density at radius 1 is 1.35 bits per heavy atom. The molecule has 0 saturated carbocycles. The summed E-state index contributed by atoms with van der Waals surface area (Å²) in [7, 11) is 0. The fourth-order valence-corrected chi connectivity index (χ4v) is 2.80. The van der Waals surface area contributed by atoms with Gasteiger partial charge in [0.1, 0.15) is 5.15 Å². The highest BCUT2D eigenvalue weighted by atomic mass is 35.5. The number of para-hydroxylation sites is 1. The Bertz CT molecular complexity index is 513. The Balaban J connectivity index is 2.25. The van der Waals surface area contributed by atoms with Crippen molar-refractivity contribution in [2.24, 2.45) is 0 Å². The van der Waals surface area contributed by atoms with Crippen LogP contribution in [0.1, 0.15) is 25.8 Å². The van der Waals surface area contributed by atoms with Gasteiger partial charge in [-0.3, -0.25) is 0 Å². The maximum absolute atomic E-state index is 6.21. The van der Waals surface area contributed by atoms with Crippen molar-refractivity contribution in [3.05, 3.63) is 41.0 Å². The summed E-state index contributed by atoms with van der Waals surface area (Å²) in [6, 6.07) is 10.2. The van der Waals surface area contributed by atoms with Crippen LogP contribution in [-0.4, -0.2) is 10.2 Å². The van der Waals surface area contributed by atoms with Crippen molar-refractivity contribution in [3.63, 3.8) is 0 Å². The van der Waals surface area contributed by atoms with Gasteiger partial charge in [-0.15, -0.1) is 0 Å². The molecule has 0 spiro atoms. The lowest BCUT2D eigenvalue weighted by molar-refractivity contribution is 0.905. The van der Waals surface area contributed by atoms with Gasteiger partial charge in [0.15, 0.2) is 0 Å². The molecule has 0 amide bonds. The number of rotatable bonds is 4. The monoisotopic (exact) mass is 265 g/mol. The van der Waals surface area contributed by atoms with E-state index in [0.717, 1.165) is 22.2 Å². The summed E-state index contributed by atoms with van der Waals surface area (Å²) in [6.07, 6.45) is 1.18. The molecule has 0 aliphatic carbocycles. The molecule has 1 heterocycles. The van der Waals surface area contributed by atoms with Gasteiger partial charge in [0.2, 0.25) is 0 Å². The van der Waals surface area contributed by atoms with Crippen molar-refractivity contribution in [1.29, 1.82) is 0 Å². The molecule has 3 heteroatoms. The number of pyridine rings is 1. The average molecular weight is 266 g/mol. The van der Waals surface area contributed by atoms with Gasteiger partial charge in [-0.05, 0) is 18.6 Å². The van der Waals surface area contributed by atoms with Crippen LogP contribution in [0.25, 0.3) is 10.9 Å². The van der Waals surface area contributed by atoms with Crippen LogP contribution in [0.5, 0.6) is 0 Å². The Labute approximate surface area is 112 Å². The fraction of sp³-hybridized carbons (Fsp3) is 0.357. The van der Waals surface area contributed by atoms with Crippen LogP contribution >= 0.6 is 23.4 Å². The van der Waals surface area contributed by atoms with Gasteiger partial charge in [0, 0.05) is 22.0 Å². The SMILES string of the molecule is CCC(C)SCc1cc2ccccc2nc1Cl. The number of fused-ring (bicyclic) bond motifs is 1. The summed E-state index contributed by atoms with van der Waals surface area (Å²) in [5, 5.41) is 2.47. The molecule has 2 aromatic rings. The molecule has 1 aromatic heterocycles. The van der Waals surface area contributed by atoms with E-state index >= 15 is 0 Å². The number of hydrogen-bond acceptors (Lipinski definition) is 2. The van der Waals surface area contributed by atoms with Crippen molar-refractivity contribution in [2.45, 2.75) is 31.3 Å². The Morgan fingerprint density at radius 2 is 2.12 bits per heavy atom. The van der Waals surface area contributed by atoms with E-state index in [-0.39, 0.29) is 0 Å². The maximum Gasteiger partial charge on any atom is 0.133 e. The van der Waals surface area contributed by atoms with E-state index in [0.29, 0.717) is 10.4 Å². The summed E-state index contributed by atoms with van der Waals surface area (Å²) in [5.74, 6) is 0.936. The van der Waals surface area contributed by atoms with Gasteiger partial charge in [-0.25, -0.2) is 4.98 Å². The van der Waals surface area contributed by atoms with Crippen molar-refractivity contribution >= 4 is 34.3 Å². The second kappa shape index (κ2) is 5.74. The minimum absolute atomic E-state index is 0.638. The van der Waals surface area contributed by atoms with Gasteiger partial charge in [-0.2, -0.15) is 11.8 Å². The van der Waals surface area contributed by atoms with Gasteiger partial charge in [0.25, 0.3) is 0 Å². The average Bonchev–Trinajstić information content (AvgIpc) is 2.35. The number of benzene rings is 1. The molecule has 90 valence electrons. The molecular weight excluding hydrogens is 250 g/mol. The van der Waals surface area contributed by atoms with E-state index in [2.05, 4.69) is 31.0 Å². The third-order valence-electron chi connectivity index (χ3n) is 2.85. The first-order valence-electron chi connectivity index (χ1n) is 5.86. The van der Waals surface area contributed by atoms with Crippen molar-refractivity contribution in [1.82, 2.24) is 4.98 Å². The van der Waals surface area contributed by atoms with Gasteiger partial charge in [0.05, 0.1) is 5.52 Å². The number of nitrogens with zero attached hydrogens (tertiary/aromatic N) is 1. The van der Waals surface area contributed by atoms with E-state index in [1.54, 1.807) is 0 Å². The summed E-state index contributed by atoms with van der Waals surface area (Å²) in [6.45, 7) is 4.45. The molecule has 2 rings (SSSR count). The Kier molecular flexibility index (Phi) is 4.30. The van der Waals surface area contributed by atoms with Crippen LogP contribution in [-0.2, 0) is 5.75 Å². The molecule has 1 nitrogen and oxygen atoms in total. The second-order valence-electron chi connectivity index (χ2n) is 4.16. The predicted octanol–water partition coefficient (Wildman–Crippen LogP) is 4.92. The minimum atomic E-state index is 0.638. The maximum atomic E-state index is 6.21. The Morgan fingerprint density at radius 3 is 2.88 bits per heavy atom. The topological polar surface area (TPSA) is 12.9 Å². The number of halogens is 1. The largest absolute Gasteiger partial charge is 0.236 e. The van der Waals surface area contributed by atoms with Crippen molar-refractivity contribution < 1.29 is 0 Å². The molecule has 0 aliphatic rings. The predicted molar refractivity (Wildman–Crippen MR) is 77.8 cm³/mol. The quantitative estimate of drug-likeness (QED) is 0.728. The normalized spacial score (nSPS) is 12.9. The summed E-state index contributed by atoms with van der Waals surface area (Å²) in [5.41, 5.74) is 2.10. The molecule has 0 bridgehead atoms. The smallest absolute Gasteiger partial charge is 0.133 e. The summed E-state index contributed by atoms with van der Waals surface area (Å²) >= 11 is 8.13. The minimum Gasteiger partial charge on any atom is -0.236 e. The molecular formula is C14H16ClNS. The highest BCUT2D eigenvalue weighted by Crippen LogP contribution is 2.26. The van der Waals surface area contributed by atoms with Gasteiger partial charge in [-0.1, -0.05) is 43.6 Å². The first-order chi connectivity index (χ1) is 8.20. The van der Waals surface area contributed by atoms with E-state index < -0.39 is 0 Å². The first-order valence-corrected chi connectivity index (χ1v) is 7.29. The zero-order chi connectivity index (χ0) is 12.3. The first kappa shape index (κ1) is 12.7. The van der Waals surface area contributed by atoms with Crippen LogP contribution in [0.15, 0.2) is 30.3 Å². The molecule has 1 aromatic carbocycles. The van der Waals surface area contributed by atoms with Crippen LogP contribution in [0.2, 0.25) is 5.15 Å². The lowest BCUT2D eigenvalue weighted by atomic mass is 10.2. The van der Waals surface area contributed by atoms with E-state index in [4.69, 9.17) is 11.6 Å². The third-order valence-corrected chi connectivity index (χ3v) is 4.56. The van der Waals surface area contributed by atoms with E-state index in [1.165, 1.54) is 6.42 Å². The number of hydrogen-bond donors (Lipinski definition) is 0. The number of aromatic nitrogens is 1. The molecule has 0 N–H and O–H groups in total. The Hall–Kier alpha value is -0.730. The lowest BCUT2D eigenvalue weighted by Crippen LogP contribution is -1.95. The van der Waals surface area contributed by atoms with Crippen LogP contribution in [0.3, 0.4) is 0 Å². The summed E-state index contributed by atoms with van der Waals surface area (Å²) < 4.78 is 0. The molecule has 0 aliphatic heterocycles. The molecule has 0 radical (unpaired) electrons. The van der Waals surface area contributed by atoms with Crippen LogP contribution in [0, 0.1) is 0 Å². The third kappa shape index (κ3) is 3.14. The van der Waals surface area contributed by atoms with Crippen molar-refractivity contribution in [2.75, 3.05) is 0 Å². The highest BCUT2D eigenvalue weighted by molar-refractivity contribution is 7.99. The zero-order valence-corrected chi connectivity index (χ0v) is 11.7. The molecule has 17 heavy (non-hydrogen) atoms. The zero-order valence-electron chi connectivity index (χ0n) is 10.1. The van der Waals surface area contributed by atoms with Crippen molar-refractivity contribution in [3.8, 4) is 0 Å². The molecule has 1 atom stereocenters. The standard InChI is InChI=1S/C14H16ClNS/c1-3-10(2)17-9-12-8-11-6-4-5-7-13(11)16-14(12)15/h4-8,10H,3,9H2,1-2H3. The summed E-state index contributed by atoms with van der Waals surface area (Å²) in [4.78, 5) is 4.43. The molecule has 0 saturated heterocycles.